The minimum absolute atomic E-state index is 0.00364. The maximum Gasteiger partial charge on any atom is 0.161 e. The first-order valence-corrected chi connectivity index (χ1v) is 5.39. The lowest BCUT2D eigenvalue weighted by molar-refractivity contribution is 0.185. The topological polar surface area (TPSA) is 9.23 Å². The molecule has 2 rings (SSSR count). The average molecular weight is 251 g/mol. The van der Waals surface area contributed by atoms with Crippen LogP contribution in [0.5, 0.6) is 0 Å². The molecule has 1 aromatic carbocycles. The number of halogens is 4. The largest absolute Gasteiger partial charge is 0.381 e. The summed E-state index contributed by atoms with van der Waals surface area (Å²) in [7, 11) is 0. The molecule has 0 radical (unpaired) electrons. The predicted molar refractivity (Wildman–Crippen MR) is 53.8 cm³/mol. The van der Waals surface area contributed by atoms with Gasteiger partial charge in [-0.2, -0.15) is 0 Å². The van der Waals surface area contributed by atoms with Gasteiger partial charge in [0.15, 0.2) is 11.6 Å². The van der Waals surface area contributed by atoms with E-state index in [1.54, 1.807) is 0 Å². The molecule has 1 aromatic rings. The summed E-state index contributed by atoms with van der Waals surface area (Å²) in [5.41, 5.74) is -0.00364. The lowest BCUT2D eigenvalue weighted by Crippen LogP contribution is -2.10. The molecule has 2 unspecified atom stereocenters. The molecule has 0 N–H and O–H groups in total. The summed E-state index contributed by atoms with van der Waals surface area (Å²) < 4.78 is 44.2. The highest BCUT2D eigenvalue weighted by atomic mass is 35.5. The molecule has 2 atom stereocenters. The van der Waals surface area contributed by atoms with Crippen LogP contribution in [-0.2, 0) is 4.74 Å². The molecule has 0 amide bonds. The van der Waals surface area contributed by atoms with Gasteiger partial charge in [-0.05, 0) is 12.5 Å². The first-order valence-electron chi connectivity index (χ1n) is 4.96. The van der Waals surface area contributed by atoms with Gasteiger partial charge in [-0.15, -0.1) is 11.6 Å². The third kappa shape index (κ3) is 2.18. The summed E-state index contributed by atoms with van der Waals surface area (Å²) in [6, 6.07) is 1.34. The third-order valence-electron chi connectivity index (χ3n) is 2.72. The smallest absolute Gasteiger partial charge is 0.161 e. The third-order valence-corrected chi connectivity index (χ3v) is 3.31. The van der Waals surface area contributed by atoms with E-state index >= 15 is 0 Å². The number of ether oxygens (including phenoxy) is 1. The van der Waals surface area contributed by atoms with Crippen LogP contribution in [0, 0.1) is 23.4 Å². The fraction of sp³-hybridized carbons (Fsp3) is 0.455. The molecule has 1 fully saturated rings. The molecule has 1 nitrogen and oxygen atoms in total. The SMILES string of the molecule is Fc1cc(F)c(C(Cl)C2CCOC2)cc1F. The van der Waals surface area contributed by atoms with Gasteiger partial charge in [0.25, 0.3) is 0 Å². The highest BCUT2D eigenvalue weighted by molar-refractivity contribution is 6.21. The van der Waals surface area contributed by atoms with Crippen LogP contribution < -0.4 is 0 Å². The molecule has 1 saturated heterocycles. The minimum Gasteiger partial charge on any atom is -0.381 e. The normalized spacial score (nSPS) is 22.4. The zero-order valence-electron chi connectivity index (χ0n) is 8.35. The van der Waals surface area contributed by atoms with Crippen LogP contribution in [0.4, 0.5) is 13.2 Å². The van der Waals surface area contributed by atoms with Crippen LogP contribution in [0.3, 0.4) is 0 Å². The van der Waals surface area contributed by atoms with Gasteiger partial charge in [-0.25, -0.2) is 13.2 Å². The first-order chi connectivity index (χ1) is 7.59. The Balaban J connectivity index is 2.28. The lowest BCUT2D eigenvalue weighted by Gasteiger charge is -2.16. The highest BCUT2D eigenvalue weighted by Crippen LogP contribution is 2.36. The van der Waals surface area contributed by atoms with E-state index in [0.717, 1.165) is 6.07 Å². The number of hydrogen-bond acceptors (Lipinski definition) is 1. The van der Waals surface area contributed by atoms with Gasteiger partial charge in [0.1, 0.15) is 5.82 Å². The molecule has 16 heavy (non-hydrogen) atoms. The van der Waals surface area contributed by atoms with E-state index in [0.29, 0.717) is 25.7 Å². The van der Waals surface area contributed by atoms with Gasteiger partial charge in [-0.1, -0.05) is 0 Å². The average Bonchev–Trinajstić information content (AvgIpc) is 2.75. The van der Waals surface area contributed by atoms with Crippen molar-refractivity contribution in [1.82, 2.24) is 0 Å². The molecular weight excluding hydrogens is 241 g/mol. The second kappa shape index (κ2) is 4.63. The van der Waals surface area contributed by atoms with Crippen molar-refractivity contribution in [3.63, 3.8) is 0 Å². The monoisotopic (exact) mass is 250 g/mol. The van der Waals surface area contributed by atoms with Gasteiger partial charge in [0.05, 0.1) is 12.0 Å². The van der Waals surface area contributed by atoms with Crippen LogP contribution >= 0.6 is 11.6 Å². The van der Waals surface area contributed by atoms with Crippen molar-refractivity contribution < 1.29 is 17.9 Å². The summed E-state index contributed by atoms with van der Waals surface area (Å²) in [5, 5.41) is -0.683. The van der Waals surface area contributed by atoms with E-state index in [1.807, 2.05) is 0 Å². The van der Waals surface area contributed by atoms with E-state index in [1.165, 1.54) is 0 Å². The Morgan fingerprint density at radius 1 is 1.19 bits per heavy atom. The van der Waals surface area contributed by atoms with Crippen LogP contribution in [-0.4, -0.2) is 13.2 Å². The summed E-state index contributed by atoms with van der Waals surface area (Å²) in [4.78, 5) is 0. The molecule has 1 heterocycles. The van der Waals surface area contributed by atoms with Crippen LogP contribution in [0.15, 0.2) is 12.1 Å². The molecule has 88 valence electrons. The van der Waals surface area contributed by atoms with E-state index in [4.69, 9.17) is 16.3 Å². The van der Waals surface area contributed by atoms with Crippen molar-refractivity contribution in [3.05, 3.63) is 35.1 Å². The zero-order valence-corrected chi connectivity index (χ0v) is 9.11. The fourth-order valence-electron chi connectivity index (χ4n) is 1.79. The number of benzene rings is 1. The molecule has 0 bridgehead atoms. The molecule has 0 aliphatic carbocycles. The molecule has 1 aliphatic rings. The summed E-state index contributed by atoms with van der Waals surface area (Å²) in [6.07, 6.45) is 0.701. The quantitative estimate of drug-likeness (QED) is 0.577. The highest BCUT2D eigenvalue weighted by Gasteiger charge is 2.28. The first kappa shape index (κ1) is 11.7. The molecule has 0 aromatic heterocycles. The van der Waals surface area contributed by atoms with Crippen molar-refractivity contribution >= 4 is 11.6 Å². The number of alkyl halides is 1. The van der Waals surface area contributed by atoms with Crippen LogP contribution in [0.25, 0.3) is 0 Å². The van der Waals surface area contributed by atoms with Crippen LogP contribution in [0.1, 0.15) is 17.4 Å². The van der Waals surface area contributed by atoms with Gasteiger partial charge in [0.2, 0.25) is 0 Å². The fourth-order valence-corrected chi connectivity index (χ4v) is 2.15. The molecule has 1 aliphatic heterocycles. The van der Waals surface area contributed by atoms with Crippen LogP contribution in [0.2, 0.25) is 0 Å². The second-order valence-corrected chi connectivity index (χ2v) is 4.28. The Labute approximate surface area is 96.2 Å². The second-order valence-electron chi connectivity index (χ2n) is 3.81. The Kier molecular flexibility index (Phi) is 3.40. The van der Waals surface area contributed by atoms with Gasteiger partial charge >= 0.3 is 0 Å². The van der Waals surface area contributed by atoms with Crippen molar-refractivity contribution in [2.75, 3.05) is 13.2 Å². The summed E-state index contributed by atoms with van der Waals surface area (Å²) in [6.45, 7) is 0.992. The molecule has 0 spiro atoms. The van der Waals surface area contributed by atoms with Crippen molar-refractivity contribution in [2.45, 2.75) is 11.8 Å². The van der Waals surface area contributed by atoms with Gasteiger partial charge < -0.3 is 4.74 Å². The van der Waals surface area contributed by atoms with Crippen molar-refractivity contribution in [3.8, 4) is 0 Å². The van der Waals surface area contributed by atoms with E-state index in [9.17, 15) is 13.2 Å². The number of hydrogen-bond donors (Lipinski definition) is 0. The van der Waals surface area contributed by atoms with Gasteiger partial charge in [-0.3, -0.25) is 0 Å². The van der Waals surface area contributed by atoms with E-state index in [2.05, 4.69) is 0 Å². The Morgan fingerprint density at radius 3 is 2.50 bits per heavy atom. The van der Waals surface area contributed by atoms with Crippen molar-refractivity contribution in [2.24, 2.45) is 5.92 Å². The lowest BCUT2D eigenvalue weighted by atomic mass is 9.97. The number of rotatable bonds is 2. The Morgan fingerprint density at radius 2 is 1.88 bits per heavy atom. The summed E-state index contributed by atoms with van der Waals surface area (Å²) in [5.74, 6) is -3.15. The van der Waals surface area contributed by atoms with E-state index < -0.39 is 22.8 Å². The standard InChI is InChI=1S/C11H10ClF3O/c12-11(6-1-2-16-5-6)7-3-9(14)10(15)4-8(7)13/h3-4,6,11H,1-2,5H2. The summed E-state index contributed by atoms with van der Waals surface area (Å²) >= 11 is 6.03. The Bertz CT molecular complexity index is 391. The maximum atomic E-state index is 13.4. The molecule has 0 saturated carbocycles. The Hall–Kier alpha value is -0.740. The molecule has 5 heteroatoms. The predicted octanol–water partition coefficient (Wildman–Crippen LogP) is 3.42. The zero-order chi connectivity index (χ0) is 11.7. The van der Waals surface area contributed by atoms with E-state index in [-0.39, 0.29) is 11.5 Å². The van der Waals surface area contributed by atoms with Crippen molar-refractivity contribution in [1.29, 1.82) is 0 Å². The van der Waals surface area contributed by atoms with Gasteiger partial charge in [0, 0.05) is 24.2 Å². The maximum absolute atomic E-state index is 13.4. The minimum atomic E-state index is -1.20. The molecular formula is C11H10ClF3O.